The van der Waals surface area contributed by atoms with Gasteiger partial charge in [0.05, 0.1) is 0 Å². The summed E-state index contributed by atoms with van der Waals surface area (Å²) in [6.07, 6.45) is 6.06. The molecule has 2 unspecified atom stereocenters. The molecule has 0 saturated heterocycles. The van der Waals surface area contributed by atoms with Gasteiger partial charge in [0.1, 0.15) is 0 Å². The first kappa shape index (κ1) is 9.80. The van der Waals surface area contributed by atoms with E-state index in [1.165, 1.54) is 33.5 Å². The molecule has 0 aliphatic heterocycles. The van der Waals surface area contributed by atoms with Crippen LogP contribution in [0.2, 0.25) is 0 Å². The van der Waals surface area contributed by atoms with Crippen LogP contribution in [0.5, 0.6) is 0 Å². The Hall–Kier alpha value is -2.08. The van der Waals surface area contributed by atoms with Crippen LogP contribution in [0.3, 0.4) is 0 Å². The normalized spacial score (nSPS) is 23.4. The van der Waals surface area contributed by atoms with Gasteiger partial charge in [-0.2, -0.15) is 0 Å². The van der Waals surface area contributed by atoms with Crippen LogP contribution < -0.4 is 0 Å². The Morgan fingerprint density at radius 2 is 1.53 bits per heavy atom. The molecule has 5 rings (SSSR count). The summed E-state index contributed by atoms with van der Waals surface area (Å²) in [5, 5.41) is 5.42. The van der Waals surface area contributed by atoms with Crippen LogP contribution in [0, 0.1) is 5.92 Å². The summed E-state index contributed by atoms with van der Waals surface area (Å²) < 4.78 is 0. The Morgan fingerprint density at radius 1 is 0.789 bits per heavy atom. The van der Waals surface area contributed by atoms with E-state index in [1.807, 2.05) is 0 Å². The van der Waals surface area contributed by atoms with E-state index in [0.717, 1.165) is 11.8 Å². The molecule has 90 valence electrons. The van der Waals surface area contributed by atoms with E-state index < -0.39 is 0 Å². The molecule has 3 aromatic rings. The predicted molar refractivity (Wildman–Crippen MR) is 81.3 cm³/mol. The predicted octanol–water partition coefficient (Wildman–Crippen LogP) is 5.12. The lowest BCUT2D eigenvalue weighted by molar-refractivity contribution is 0.999. The summed E-state index contributed by atoms with van der Waals surface area (Å²) >= 11 is 0. The molecule has 0 aromatic heterocycles. The van der Waals surface area contributed by atoms with Gasteiger partial charge in [-0.3, -0.25) is 0 Å². The first-order valence-corrected chi connectivity index (χ1v) is 7.03. The smallest absolute Gasteiger partial charge is 0.00867 e. The molecule has 2 aliphatic rings. The lowest BCUT2D eigenvalue weighted by Crippen LogP contribution is -1.92. The van der Waals surface area contributed by atoms with Gasteiger partial charge in [0.2, 0.25) is 0 Å². The fourth-order valence-electron chi connectivity index (χ4n) is 3.50. The van der Waals surface area contributed by atoms with Crippen LogP contribution in [-0.4, -0.2) is 0 Å². The Kier molecular flexibility index (Phi) is 1.69. The van der Waals surface area contributed by atoms with Crippen molar-refractivity contribution in [2.24, 2.45) is 5.92 Å². The summed E-state index contributed by atoms with van der Waals surface area (Å²) in [6, 6.07) is 18.1. The van der Waals surface area contributed by atoms with Crippen LogP contribution >= 0.6 is 0 Å². The van der Waals surface area contributed by atoms with Gasteiger partial charge in [-0.1, -0.05) is 42.5 Å². The fourth-order valence-corrected chi connectivity index (χ4v) is 3.50. The van der Waals surface area contributed by atoms with Crippen molar-refractivity contribution < 1.29 is 0 Å². The van der Waals surface area contributed by atoms with E-state index in [4.69, 9.17) is 0 Å². The van der Waals surface area contributed by atoms with Gasteiger partial charge in [-0.05, 0) is 69.1 Å². The maximum Gasteiger partial charge on any atom is -0.00867 e. The number of rotatable bonds is 0. The number of fused-ring (bicyclic) bond motifs is 5. The van der Waals surface area contributed by atoms with Crippen molar-refractivity contribution in [2.45, 2.75) is 12.3 Å². The second-order valence-electron chi connectivity index (χ2n) is 5.89. The van der Waals surface area contributed by atoms with Crippen molar-refractivity contribution in [3.8, 4) is 0 Å². The van der Waals surface area contributed by atoms with Crippen LogP contribution in [0.25, 0.3) is 27.6 Å². The first-order valence-electron chi connectivity index (χ1n) is 7.03. The van der Waals surface area contributed by atoms with Crippen molar-refractivity contribution in [3.05, 3.63) is 65.7 Å². The van der Waals surface area contributed by atoms with Crippen LogP contribution in [-0.2, 0) is 0 Å². The minimum atomic E-state index is 0.802. The highest BCUT2D eigenvalue weighted by molar-refractivity contribution is 5.99. The van der Waals surface area contributed by atoms with E-state index in [1.54, 1.807) is 5.56 Å². The zero-order valence-corrected chi connectivity index (χ0v) is 10.6. The third-order valence-corrected chi connectivity index (χ3v) is 4.67. The number of benzene rings is 3. The third-order valence-electron chi connectivity index (χ3n) is 4.67. The van der Waals surface area contributed by atoms with E-state index in [9.17, 15) is 0 Å². The number of hydrogen-bond acceptors (Lipinski definition) is 0. The molecule has 0 N–H and O–H groups in total. The average Bonchev–Trinajstić information content (AvgIpc) is 3.23. The molecule has 1 fully saturated rings. The maximum absolute atomic E-state index is 2.42. The van der Waals surface area contributed by atoms with E-state index in [0.29, 0.717) is 0 Å². The van der Waals surface area contributed by atoms with Gasteiger partial charge in [-0.15, -0.1) is 0 Å². The van der Waals surface area contributed by atoms with E-state index in [2.05, 4.69) is 60.7 Å². The lowest BCUT2D eigenvalue weighted by atomic mass is 9.92. The summed E-state index contributed by atoms with van der Waals surface area (Å²) in [6.45, 7) is 0. The van der Waals surface area contributed by atoms with Crippen LogP contribution in [0.4, 0.5) is 0 Å². The SMILES string of the molecule is C1=CC2CC2c2cc3cc4ccccc4cc3cc21. The highest BCUT2D eigenvalue weighted by atomic mass is 14.4. The standard InChI is InChI=1S/C19H14/c1-2-4-13-8-17-11-19-14(5-6-15-10-18(15)19)9-16(17)7-12(13)3-1/h1-9,11,15,18H,10H2. The summed E-state index contributed by atoms with van der Waals surface area (Å²) in [4.78, 5) is 0. The van der Waals surface area contributed by atoms with E-state index >= 15 is 0 Å². The van der Waals surface area contributed by atoms with Gasteiger partial charge in [0, 0.05) is 0 Å². The zero-order valence-electron chi connectivity index (χ0n) is 10.6. The Balaban J connectivity index is 1.87. The monoisotopic (exact) mass is 242 g/mol. The molecule has 3 aromatic carbocycles. The summed E-state index contributed by atoms with van der Waals surface area (Å²) in [5.41, 5.74) is 3.00. The van der Waals surface area contributed by atoms with Crippen molar-refractivity contribution in [1.29, 1.82) is 0 Å². The van der Waals surface area contributed by atoms with Crippen LogP contribution in [0.15, 0.2) is 54.6 Å². The van der Waals surface area contributed by atoms with Crippen LogP contribution in [0.1, 0.15) is 23.5 Å². The van der Waals surface area contributed by atoms with Gasteiger partial charge in [-0.25, -0.2) is 0 Å². The molecule has 0 heterocycles. The highest BCUT2D eigenvalue weighted by Gasteiger charge is 2.39. The minimum Gasteiger partial charge on any atom is -0.0802 e. The third kappa shape index (κ3) is 1.34. The number of allylic oxidation sites excluding steroid dienone is 1. The molecular formula is C19H14. The second-order valence-corrected chi connectivity index (χ2v) is 5.89. The van der Waals surface area contributed by atoms with Gasteiger partial charge >= 0.3 is 0 Å². The Morgan fingerprint density at radius 3 is 2.32 bits per heavy atom. The largest absolute Gasteiger partial charge is 0.0802 e. The van der Waals surface area contributed by atoms with Crippen molar-refractivity contribution in [2.75, 3.05) is 0 Å². The first-order chi connectivity index (χ1) is 9.38. The maximum atomic E-state index is 2.42. The summed E-state index contributed by atoms with van der Waals surface area (Å²) in [7, 11) is 0. The fraction of sp³-hybridized carbons (Fsp3) is 0.158. The molecule has 2 aliphatic carbocycles. The van der Waals surface area contributed by atoms with Gasteiger partial charge in [0.15, 0.2) is 0 Å². The molecule has 0 bridgehead atoms. The zero-order chi connectivity index (χ0) is 12.4. The van der Waals surface area contributed by atoms with Crippen molar-refractivity contribution >= 4 is 27.6 Å². The van der Waals surface area contributed by atoms with Crippen molar-refractivity contribution in [1.82, 2.24) is 0 Å². The Labute approximate surface area is 112 Å². The van der Waals surface area contributed by atoms with E-state index in [-0.39, 0.29) is 0 Å². The molecule has 0 amide bonds. The summed E-state index contributed by atoms with van der Waals surface area (Å²) in [5.74, 6) is 1.63. The second kappa shape index (κ2) is 3.27. The molecule has 0 heteroatoms. The Bertz CT molecular complexity index is 854. The molecule has 0 nitrogen and oxygen atoms in total. The topological polar surface area (TPSA) is 0 Å². The lowest BCUT2D eigenvalue weighted by Gasteiger charge is -2.12. The minimum absolute atomic E-state index is 0.802. The molecule has 1 saturated carbocycles. The molecule has 0 spiro atoms. The van der Waals surface area contributed by atoms with Crippen molar-refractivity contribution in [3.63, 3.8) is 0 Å². The average molecular weight is 242 g/mol. The molecule has 19 heavy (non-hydrogen) atoms. The van der Waals surface area contributed by atoms with Gasteiger partial charge in [0.25, 0.3) is 0 Å². The quantitative estimate of drug-likeness (QED) is 0.480. The number of hydrogen-bond donors (Lipinski definition) is 0. The molecule has 2 atom stereocenters. The molecular weight excluding hydrogens is 228 g/mol. The molecule has 0 radical (unpaired) electrons. The highest BCUT2D eigenvalue weighted by Crippen LogP contribution is 2.53. The van der Waals surface area contributed by atoms with Gasteiger partial charge < -0.3 is 0 Å².